The smallest absolute Gasteiger partial charge is 0.225 e. The Kier molecular flexibility index (Phi) is 5.97. The summed E-state index contributed by atoms with van der Waals surface area (Å²) in [7, 11) is 0. The summed E-state index contributed by atoms with van der Waals surface area (Å²) in [5.41, 5.74) is 2.29. The number of carbonyl (C=O) groups is 1. The van der Waals surface area contributed by atoms with Crippen molar-refractivity contribution < 1.29 is 4.79 Å². The molecule has 5 heteroatoms. The van der Waals surface area contributed by atoms with Crippen molar-refractivity contribution in [2.24, 2.45) is 5.92 Å². The van der Waals surface area contributed by atoms with E-state index in [0.29, 0.717) is 5.91 Å². The third-order valence-corrected chi connectivity index (χ3v) is 5.60. The van der Waals surface area contributed by atoms with Gasteiger partial charge in [0.15, 0.2) is 0 Å². The highest BCUT2D eigenvalue weighted by atomic mass is 16.2. The van der Waals surface area contributed by atoms with Crippen LogP contribution in [-0.2, 0) is 17.9 Å². The second-order valence-electron chi connectivity index (χ2n) is 7.53. The second-order valence-corrected chi connectivity index (χ2v) is 7.53. The van der Waals surface area contributed by atoms with E-state index in [1.165, 1.54) is 5.52 Å². The van der Waals surface area contributed by atoms with E-state index < -0.39 is 0 Å². The molecule has 1 amide bonds. The van der Waals surface area contributed by atoms with Gasteiger partial charge in [-0.25, -0.2) is 4.98 Å². The molecule has 0 unspecified atom stereocenters. The van der Waals surface area contributed by atoms with Gasteiger partial charge in [0.2, 0.25) is 5.91 Å². The lowest BCUT2D eigenvalue weighted by Gasteiger charge is -2.35. The summed E-state index contributed by atoms with van der Waals surface area (Å²) in [5, 5.41) is 0. The van der Waals surface area contributed by atoms with Crippen molar-refractivity contribution in [3.63, 3.8) is 0 Å². The zero-order valence-corrected chi connectivity index (χ0v) is 16.6. The summed E-state index contributed by atoms with van der Waals surface area (Å²) in [5.74, 6) is 1.65. The molecule has 1 aliphatic heterocycles. The summed E-state index contributed by atoms with van der Waals surface area (Å²) in [6.07, 6.45) is 1.91. The molecule has 1 aromatic heterocycles. The number of carbonyl (C=O) groups excluding carboxylic acids is 1. The van der Waals surface area contributed by atoms with Gasteiger partial charge in [-0.3, -0.25) is 9.69 Å². The minimum absolute atomic E-state index is 0.179. The summed E-state index contributed by atoms with van der Waals surface area (Å²) in [4.78, 5) is 22.0. The van der Waals surface area contributed by atoms with Gasteiger partial charge in [0.1, 0.15) is 5.82 Å². The highest BCUT2D eigenvalue weighted by Gasteiger charge is 2.29. The number of nitrogens with zero attached hydrogens (tertiary/aromatic N) is 4. The van der Waals surface area contributed by atoms with Gasteiger partial charge in [0, 0.05) is 25.0 Å². The van der Waals surface area contributed by atoms with E-state index in [0.717, 1.165) is 56.9 Å². The van der Waals surface area contributed by atoms with Crippen molar-refractivity contribution >= 4 is 16.9 Å². The van der Waals surface area contributed by atoms with Gasteiger partial charge in [0.05, 0.1) is 17.6 Å². The molecule has 142 valence electrons. The maximum atomic E-state index is 12.7. The topological polar surface area (TPSA) is 41.4 Å². The molecule has 0 bridgehead atoms. The maximum absolute atomic E-state index is 12.7. The van der Waals surface area contributed by atoms with Gasteiger partial charge in [0.25, 0.3) is 0 Å². The van der Waals surface area contributed by atoms with Crippen LogP contribution >= 0.6 is 0 Å². The lowest BCUT2D eigenvalue weighted by atomic mass is 9.94. The molecule has 1 fully saturated rings. The van der Waals surface area contributed by atoms with Crippen LogP contribution in [0.4, 0.5) is 0 Å². The Morgan fingerprint density at radius 1 is 1.23 bits per heavy atom. The second kappa shape index (κ2) is 8.21. The first-order valence-corrected chi connectivity index (χ1v) is 10.0. The molecule has 0 atom stereocenters. The van der Waals surface area contributed by atoms with Crippen molar-refractivity contribution in [1.29, 1.82) is 0 Å². The Hall–Kier alpha value is -1.88. The van der Waals surface area contributed by atoms with Crippen molar-refractivity contribution in [1.82, 2.24) is 19.4 Å². The van der Waals surface area contributed by atoms with Crippen LogP contribution in [0.3, 0.4) is 0 Å². The first-order chi connectivity index (χ1) is 12.5. The van der Waals surface area contributed by atoms with Crippen molar-refractivity contribution in [3.8, 4) is 0 Å². The molecule has 2 aromatic rings. The van der Waals surface area contributed by atoms with Gasteiger partial charge < -0.3 is 9.47 Å². The highest BCUT2D eigenvalue weighted by molar-refractivity contribution is 5.79. The number of likely N-dealkylation sites (tertiary alicyclic amines) is 1. The average Bonchev–Trinajstić information content (AvgIpc) is 2.99. The Balaban J connectivity index is 1.63. The monoisotopic (exact) mass is 356 g/mol. The molecule has 26 heavy (non-hydrogen) atoms. The summed E-state index contributed by atoms with van der Waals surface area (Å²) in [6, 6.07) is 8.64. The number of amides is 1. The van der Waals surface area contributed by atoms with E-state index in [4.69, 9.17) is 4.98 Å². The number of benzene rings is 1. The van der Waals surface area contributed by atoms with E-state index in [1.807, 2.05) is 11.0 Å². The quantitative estimate of drug-likeness (QED) is 0.795. The first-order valence-electron chi connectivity index (χ1n) is 10.0. The molecule has 2 heterocycles. The van der Waals surface area contributed by atoms with Crippen LogP contribution in [0, 0.1) is 5.92 Å². The normalized spacial score (nSPS) is 16.5. The lowest BCUT2D eigenvalue weighted by Crippen LogP contribution is -2.45. The van der Waals surface area contributed by atoms with E-state index >= 15 is 0 Å². The van der Waals surface area contributed by atoms with Gasteiger partial charge in [-0.05, 0) is 65.8 Å². The maximum Gasteiger partial charge on any atom is 0.225 e. The van der Waals surface area contributed by atoms with Crippen LogP contribution in [0.5, 0.6) is 0 Å². The fraction of sp³-hybridized carbons (Fsp3) is 0.619. The molecule has 0 N–H and O–H groups in total. The van der Waals surface area contributed by atoms with Crippen LogP contribution in [0.2, 0.25) is 0 Å². The Morgan fingerprint density at radius 2 is 1.92 bits per heavy atom. The molecule has 1 aromatic carbocycles. The number of aryl methyl sites for hydroxylation is 1. The zero-order valence-electron chi connectivity index (χ0n) is 16.6. The van der Waals surface area contributed by atoms with E-state index in [1.54, 1.807) is 0 Å². The predicted octanol–water partition coefficient (Wildman–Crippen LogP) is 3.53. The van der Waals surface area contributed by atoms with Crippen LogP contribution in [-0.4, -0.2) is 50.9 Å². The van der Waals surface area contributed by atoms with Crippen molar-refractivity contribution in [2.45, 2.75) is 59.7 Å². The number of aromatic nitrogens is 2. The third kappa shape index (κ3) is 3.78. The molecule has 5 nitrogen and oxygen atoms in total. The Morgan fingerprint density at radius 3 is 2.54 bits per heavy atom. The Bertz CT molecular complexity index is 744. The van der Waals surface area contributed by atoms with Crippen LogP contribution < -0.4 is 0 Å². The Labute approximate surface area is 157 Å². The highest BCUT2D eigenvalue weighted by Crippen LogP contribution is 2.23. The number of fused-ring (bicyclic) bond motifs is 1. The molecule has 0 spiro atoms. The fourth-order valence-electron chi connectivity index (χ4n) is 4.15. The fourth-order valence-corrected chi connectivity index (χ4v) is 4.15. The van der Waals surface area contributed by atoms with Gasteiger partial charge in [-0.15, -0.1) is 0 Å². The van der Waals surface area contributed by atoms with E-state index in [9.17, 15) is 4.79 Å². The number of piperidine rings is 1. The molecular formula is C21H32N4O. The predicted molar refractivity (Wildman–Crippen MR) is 106 cm³/mol. The van der Waals surface area contributed by atoms with Crippen LogP contribution in [0.15, 0.2) is 24.3 Å². The number of rotatable bonds is 6. The van der Waals surface area contributed by atoms with Crippen molar-refractivity contribution in [3.05, 3.63) is 30.1 Å². The van der Waals surface area contributed by atoms with E-state index in [-0.39, 0.29) is 12.0 Å². The SMILES string of the molecule is CCN(C(=O)C1CCN(Cc2nc3ccccc3n2CC)CC1)C(C)C. The minimum Gasteiger partial charge on any atom is -0.340 e. The number of hydrogen-bond acceptors (Lipinski definition) is 3. The first kappa shape index (κ1) is 18.9. The van der Waals surface area contributed by atoms with E-state index in [2.05, 4.69) is 55.4 Å². The molecule has 0 aliphatic carbocycles. The summed E-state index contributed by atoms with van der Waals surface area (Å²) >= 11 is 0. The lowest BCUT2D eigenvalue weighted by molar-refractivity contribution is -0.138. The average molecular weight is 357 g/mol. The number of hydrogen-bond donors (Lipinski definition) is 0. The molecule has 0 radical (unpaired) electrons. The van der Waals surface area contributed by atoms with Gasteiger partial charge >= 0.3 is 0 Å². The number of imidazole rings is 1. The van der Waals surface area contributed by atoms with Gasteiger partial charge in [-0.2, -0.15) is 0 Å². The zero-order chi connectivity index (χ0) is 18.7. The largest absolute Gasteiger partial charge is 0.340 e. The minimum atomic E-state index is 0.179. The molecular weight excluding hydrogens is 324 g/mol. The number of para-hydroxylation sites is 2. The van der Waals surface area contributed by atoms with Gasteiger partial charge in [-0.1, -0.05) is 12.1 Å². The molecule has 3 rings (SSSR count). The molecule has 1 saturated heterocycles. The van der Waals surface area contributed by atoms with Crippen LogP contribution in [0.25, 0.3) is 11.0 Å². The van der Waals surface area contributed by atoms with Crippen molar-refractivity contribution in [2.75, 3.05) is 19.6 Å². The third-order valence-electron chi connectivity index (χ3n) is 5.60. The standard InChI is InChI=1S/C21H32N4O/c1-5-24(16(3)4)21(26)17-11-13-23(14-12-17)15-20-22-18-9-7-8-10-19(18)25(20)6-2/h7-10,16-17H,5-6,11-15H2,1-4H3. The summed E-state index contributed by atoms with van der Waals surface area (Å²) < 4.78 is 2.31. The molecule has 0 saturated carbocycles. The summed E-state index contributed by atoms with van der Waals surface area (Å²) in [6.45, 7) is 13.0. The van der Waals surface area contributed by atoms with Crippen LogP contribution in [0.1, 0.15) is 46.4 Å². The molecule has 1 aliphatic rings.